The third-order valence-electron chi connectivity index (χ3n) is 2.30. The number of benzene rings is 1. The van der Waals surface area contributed by atoms with Crippen molar-refractivity contribution in [3.05, 3.63) is 29.8 Å². The molecule has 1 atom stereocenters. The second-order valence-electron chi connectivity index (χ2n) is 3.69. The number of rotatable bonds is 6. The van der Waals surface area contributed by atoms with Gasteiger partial charge in [0, 0.05) is 19.1 Å². The molecule has 2 N–H and O–H groups in total. The Balaban J connectivity index is 2.43. The van der Waals surface area contributed by atoms with E-state index >= 15 is 0 Å². The molecule has 0 heterocycles. The minimum atomic E-state index is 0.473. The summed E-state index contributed by atoms with van der Waals surface area (Å²) in [6.07, 6.45) is 0. The molecule has 3 nitrogen and oxygen atoms in total. The average molecular weight is 208 g/mol. The summed E-state index contributed by atoms with van der Waals surface area (Å²) in [6.45, 7) is 4.01. The van der Waals surface area contributed by atoms with E-state index < -0.39 is 0 Å². The Hall–Kier alpha value is -1.06. The zero-order chi connectivity index (χ0) is 11.1. The number of methoxy groups -OCH3 is 1. The lowest BCUT2D eigenvalue weighted by atomic mass is 10.2. The van der Waals surface area contributed by atoms with Gasteiger partial charge in [0.05, 0.1) is 7.11 Å². The number of hydrogen-bond acceptors (Lipinski definition) is 3. The van der Waals surface area contributed by atoms with E-state index in [2.05, 4.69) is 29.7 Å². The Labute approximate surface area is 91.8 Å². The molecule has 0 saturated carbocycles. The fraction of sp³-hybridized carbons (Fsp3) is 0.500. The average Bonchev–Trinajstić information content (AvgIpc) is 2.27. The number of ether oxygens (including phenoxy) is 1. The van der Waals surface area contributed by atoms with Gasteiger partial charge in [0.1, 0.15) is 5.75 Å². The summed E-state index contributed by atoms with van der Waals surface area (Å²) in [7, 11) is 3.65. The van der Waals surface area contributed by atoms with Crippen LogP contribution in [0.15, 0.2) is 24.3 Å². The summed E-state index contributed by atoms with van der Waals surface area (Å²) in [5.74, 6) is 0.913. The Kier molecular flexibility index (Phi) is 5.15. The fourth-order valence-corrected chi connectivity index (χ4v) is 1.45. The molecule has 0 fully saturated rings. The van der Waals surface area contributed by atoms with E-state index in [9.17, 15) is 0 Å². The maximum absolute atomic E-state index is 5.17. The molecule has 15 heavy (non-hydrogen) atoms. The lowest BCUT2D eigenvalue weighted by molar-refractivity contribution is 0.413. The minimum absolute atomic E-state index is 0.473. The van der Waals surface area contributed by atoms with Crippen molar-refractivity contribution in [1.82, 2.24) is 10.6 Å². The molecular weight excluding hydrogens is 188 g/mol. The summed E-state index contributed by atoms with van der Waals surface area (Å²) in [5.41, 5.74) is 1.25. The van der Waals surface area contributed by atoms with Crippen LogP contribution < -0.4 is 15.4 Å². The van der Waals surface area contributed by atoms with Crippen molar-refractivity contribution >= 4 is 0 Å². The Bertz CT molecular complexity index is 289. The van der Waals surface area contributed by atoms with E-state index in [0.29, 0.717) is 6.04 Å². The first-order valence-corrected chi connectivity index (χ1v) is 5.27. The molecule has 0 aromatic heterocycles. The van der Waals surface area contributed by atoms with Gasteiger partial charge in [0.25, 0.3) is 0 Å². The van der Waals surface area contributed by atoms with E-state index in [0.717, 1.165) is 18.8 Å². The Morgan fingerprint density at radius 3 is 2.87 bits per heavy atom. The molecule has 0 spiro atoms. The molecule has 0 aliphatic heterocycles. The van der Waals surface area contributed by atoms with E-state index in [1.165, 1.54) is 5.56 Å². The van der Waals surface area contributed by atoms with Crippen LogP contribution in [0.5, 0.6) is 5.75 Å². The van der Waals surface area contributed by atoms with Crippen molar-refractivity contribution in [3.8, 4) is 5.75 Å². The molecule has 0 amide bonds. The highest BCUT2D eigenvalue weighted by atomic mass is 16.5. The molecular formula is C12H20N2O. The first-order valence-electron chi connectivity index (χ1n) is 5.27. The highest BCUT2D eigenvalue weighted by Crippen LogP contribution is 2.12. The van der Waals surface area contributed by atoms with Crippen molar-refractivity contribution in [3.63, 3.8) is 0 Å². The van der Waals surface area contributed by atoms with E-state index in [4.69, 9.17) is 4.74 Å². The zero-order valence-corrected chi connectivity index (χ0v) is 9.71. The number of likely N-dealkylation sites (N-methyl/N-ethyl adjacent to an activating group) is 1. The van der Waals surface area contributed by atoms with Gasteiger partial charge in [0.15, 0.2) is 0 Å². The van der Waals surface area contributed by atoms with E-state index in [-0.39, 0.29) is 0 Å². The minimum Gasteiger partial charge on any atom is -0.497 e. The van der Waals surface area contributed by atoms with Crippen LogP contribution in [0, 0.1) is 0 Å². The van der Waals surface area contributed by atoms with Crippen LogP contribution in [0.3, 0.4) is 0 Å². The Morgan fingerprint density at radius 1 is 1.40 bits per heavy atom. The molecule has 84 valence electrons. The highest BCUT2D eigenvalue weighted by molar-refractivity contribution is 5.28. The maximum atomic E-state index is 5.17. The van der Waals surface area contributed by atoms with Gasteiger partial charge in [-0.1, -0.05) is 12.1 Å². The van der Waals surface area contributed by atoms with Crippen LogP contribution in [-0.4, -0.2) is 26.7 Å². The summed E-state index contributed by atoms with van der Waals surface area (Å²) >= 11 is 0. The van der Waals surface area contributed by atoms with Gasteiger partial charge in [-0.05, 0) is 31.7 Å². The van der Waals surface area contributed by atoms with Gasteiger partial charge in [-0.15, -0.1) is 0 Å². The smallest absolute Gasteiger partial charge is 0.119 e. The summed E-state index contributed by atoms with van der Waals surface area (Å²) in [4.78, 5) is 0. The van der Waals surface area contributed by atoms with Gasteiger partial charge in [0.2, 0.25) is 0 Å². The number of nitrogens with one attached hydrogen (secondary N) is 2. The molecule has 1 aromatic rings. The zero-order valence-electron chi connectivity index (χ0n) is 9.71. The fourth-order valence-electron chi connectivity index (χ4n) is 1.45. The highest BCUT2D eigenvalue weighted by Gasteiger charge is 2.00. The van der Waals surface area contributed by atoms with Crippen molar-refractivity contribution in [1.29, 1.82) is 0 Å². The first-order chi connectivity index (χ1) is 7.26. The van der Waals surface area contributed by atoms with E-state index in [1.807, 2.05) is 19.2 Å². The Morgan fingerprint density at radius 2 is 2.20 bits per heavy atom. The molecule has 0 radical (unpaired) electrons. The predicted molar refractivity (Wildman–Crippen MR) is 63.2 cm³/mol. The largest absolute Gasteiger partial charge is 0.497 e. The molecule has 0 aliphatic rings. The quantitative estimate of drug-likeness (QED) is 0.741. The predicted octanol–water partition coefficient (Wildman–Crippen LogP) is 1.39. The standard InChI is InChI=1S/C12H20N2O/c1-10(8-13-2)14-9-11-5-4-6-12(7-11)15-3/h4-7,10,13-14H,8-9H2,1-3H3. The van der Waals surface area contributed by atoms with Gasteiger partial charge in [-0.3, -0.25) is 0 Å². The van der Waals surface area contributed by atoms with Gasteiger partial charge >= 0.3 is 0 Å². The van der Waals surface area contributed by atoms with Crippen LogP contribution in [0.2, 0.25) is 0 Å². The van der Waals surface area contributed by atoms with Gasteiger partial charge in [-0.25, -0.2) is 0 Å². The lowest BCUT2D eigenvalue weighted by Gasteiger charge is -2.13. The summed E-state index contributed by atoms with van der Waals surface area (Å²) in [6, 6.07) is 8.60. The third kappa shape index (κ3) is 4.32. The summed E-state index contributed by atoms with van der Waals surface area (Å²) in [5, 5.41) is 6.57. The topological polar surface area (TPSA) is 33.3 Å². The SMILES string of the molecule is CNCC(C)NCc1cccc(OC)c1. The van der Waals surface area contributed by atoms with Crippen LogP contribution in [0.25, 0.3) is 0 Å². The molecule has 0 saturated heterocycles. The molecule has 1 aromatic carbocycles. The van der Waals surface area contributed by atoms with Crippen molar-refractivity contribution in [2.45, 2.75) is 19.5 Å². The molecule has 1 rings (SSSR count). The van der Waals surface area contributed by atoms with Crippen molar-refractivity contribution in [2.75, 3.05) is 20.7 Å². The maximum Gasteiger partial charge on any atom is 0.119 e. The molecule has 0 bridgehead atoms. The first kappa shape index (κ1) is 12.0. The van der Waals surface area contributed by atoms with Crippen LogP contribution in [0.1, 0.15) is 12.5 Å². The monoisotopic (exact) mass is 208 g/mol. The van der Waals surface area contributed by atoms with Crippen molar-refractivity contribution in [2.24, 2.45) is 0 Å². The molecule has 1 unspecified atom stereocenters. The van der Waals surface area contributed by atoms with Crippen LogP contribution >= 0.6 is 0 Å². The molecule has 0 aliphatic carbocycles. The lowest BCUT2D eigenvalue weighted by Crippen LogP contribution is -2.34. The summed E-state index contributed by atoms with van der Waals surface area (Å²) < 4.78 is 5.17. The van der Waals surface area contributed by atoms with Gasteiger partial charge in [-0.2, -0.15) is 0 Å². The second kappa shape index (κ2) is 6.43. The van der Waals surface area contributed by atoms with Crippen LogP contribution in [-0.2, 0) is 6.54 Å². The van der Waals surface area contributed by atoms with Gasteiger partial charge < -0.3 is 15.4 Å². The third-order valence-corrected chi connectivity index (χ3v) is 2.30. The second-order valence-corrected chi connectivity index (χ2v) is 3.69. The van der Waals surface area contributed by atoms with Crippen molar-refractivity contribution < 1.29 is 4.74 Å². The van der Waals surface area contributed by atoms with E-state index in [1.54, 1.807) is 7.11 Å². The van der Waals surface area contributed by atoms with Crippen LogP contribution in [0.4, 0.5) is 0 Å². The number of hydrogen-bond donors (Lipinski definition) is 2. The molecule has 3 heteroatoms. The normalized spacial score (nSPS) is 12.5.